The first kappa shape index (κ1) is 15.3. The average Bonchev–Trinajstić information content (AvgIpc) is 2.45. The molecule has 2 rings (SSSR count). The third kappa shape index (κ3) is 5.41. The summed E-state index contributed by atoms with van der Waals surface area (Å²) in [6, 6.07) is 1.60. The fourth-order valence-corrected chi connectivity index (χ4v) is 3.57. The molecule has 1 atom stereocenters. The van der Waals surface area contributed by atoms with Crippen molar-refractivity contribution in [3.63, 3.8) is 0 Å². The van der Waals surface area contributed by atoms with E-state index in [1.165, 1.54) is 77.5 Å². The Labute approximate surface area is 119 Å². The summed E-state index contributed by atoms with van der Waals surface area (Å²) in [5, 5.41) is 3.76. The van der Waals surface area contributed by atoms with Crippen LogP contribution in [0.5, 0.6) is 0 Å². The molecule has 3 heteroatoms. The number of rotatable bonds is 6. The van der Waals surface area contributed by atoms with Crippen LogP contribution in [-0.4, -0.2) is 62.2 Å². The molecule has 0 bridgehead atoms. The van der Waals surface area contributed by atoms with Crippen molar-refractivity contribution < 1.29 is 0 Å². The molecule has 3 nitrogen and oxygen atoms in total. The van der Waals surface area contributed by atoms with Gasteiger partial charge in [-0.15, -0.1) is 0 Å². The molecule has 112 valence electrons. The minimum atomic E-state index is 0.778. The van der Waals surface area contributed by atoms with Gasteiger partial charge in [-0.2, -0.15) is 0 Å². The van der Waals surface area contributed by atoms with Crippen LogP contribution in [0, 0.1) is 0 Å². The predicted molar refractivity (Wildman–Crippen MR) is 82.6 cm³/mol. The van der Waals surface area contributed by atoms with Gasteiger partial charge in [0.05, 0.1) is 0 Å². The van der Waals surface area contributed by atoms with E-state index in [0.29, 0.717) is 0 Å². The molecule has 19 heavy (non-hydrogen) atoms. The average molecular weight is 267 g/mol. The quantitative estimate of drug-likeness (QED) is 0.745. The van der Waals surface area contributed by atoms with Gasteiger partial charge in [0.1, 0.15) is 0 Å². The van der Waals surface area contributed by atoms with Gasteiger partial charge in [-0.3, -0.25) is 0 Å². The Morgan fingerprint density at radius 1 is 1.05 bits per heavy atom. The number of likely N-dealkylation sites (tertiary alicyclic amines) is 1. The molecule has 0 spiro atoms. The van der Waals surface area contributed by atoms with E-state index in [0.717, 1.165) is 12.1 Å². The zero-order valence-corrected chi connectivity index (χ0v) is 13.0. The molecule has 0 aromatic heterocycles. The highest BCUT2D eigenvalue weighted by Crippen LogP contribution is 2.17. The molecular formula is C16H33N3. The van der Waals surface area contributed by atoms with Gasteiger partial charge >= 0.3 is 0 Å². The molecule has 1 unspecified atom stereocenters. The van der Waals surface area contributed by atoms with Gasteiger partial charge in [-0.1, -0.05) is 19.3 Å². The maximum absolute atomic E-state index is 3.76. The van der Waals surface area contributed by atoms with Crippen LogP contribution in [0.4, 0.5) is 0 Å². The molecule has 2 aliphatic rings. The topological polar surface area (TPSA) is 18.5 Å². The summed E-state index contributed by atoms with van der Waals surface area (Å²) in [7, 11) is 4.44. The van der Waals surface area contributed by atoms with E-state index in [1.54, 1.807) is 0 Å². The first-order chi connectivity index (χ1) is 9.25. The van der Waals surface area contributed by atoms with Crippen LogP contribution in [0.15, 0.2) is 0 Å². The van der Waals surface area contributed by atoms with Crippen LogP contribution >= 0.6 is 0 Å². The highest BCUT2D eigenvalue weighted by molar-refractivity contribution is 4.78. The van der Waals surface area contributed by atoms with Crippen molar-refractivity contribution in [2.45, 2.75) is 63.5 Å². The van der Waals surface area contributed by atoms with Gasteiger partial charge in [0, 0.05) is 18.6 Å². The molecular weight excluding hydrogens is 234 g/mol. The van der Waals surface area contributed by atoms with Crippen molar-refractivity contribution in [1.82, 2.24) is 15.1 Å². The van der Waals surface area contributed by atoms with E-state index in [1.807, 2.05) is 0 Å². The molecule has 1 aliphatic carbocycles. The largest absolute Gasteiger partial charge is 0.314 e. The maximum Gasteiger partial charge on any atom is 0.0217 e. The van der Waals surface area contributed by atoms with Crippen molar-refractivity contribution in [1.29, 1.82) is 0 Å². The Morgan fingerprint density at radius 2 is 1.84 bits per heavy atom. The summed E-state index contributed by atoms with van der Waals surface area (Å²) < 4.78 is 0. The number of piperidine rings is 1. The van der Waals surface area contributed by atoms with E-state index in [4.69, 9.17) is 0 Å². The lowest BCUT2D eigenvalue weighted by Gasteiger charge is -2.36. The Morgan fingerprint density at radius 3 is 2.58 bits per heavy atom. The molecule has 1 saturated carbocycles. The van der Waals surface area contributed by atoms with Crippen LogP contribution in [-0.2, 0) is 0 Å². The van der Waals surface area contributed by atoms with Gasteiger partial charge < -0.3 is 15.1 Å². The smallest absolute Gasteiger partial charge is 0.0217 e. The van der Waals surface area contributed by atoms with Crippen LogP contribution in [0.1, 0.15) is 51.4 Å². The second-order valence-electron chi connectivity index (χ2n) is 6.70. The summed E-state index contributed by atoms with van der Waals surface area (Å²) in [6.45, 7) is 5.09. The molecule has 1 aliphatic heterocycles. The zero-order chi connectivity index (χ0) is 13.5. The number of hydrogen-bond donors (Lipinski definition) is 1. The first-order valence-corrected chi connectivity index (χ1v) is 8.38. The van der Waals surface area contributed by atoms with Crippen LogP contribution in [0.3, 0.4) is 0 Å². The van der Waals surface area contributed by atoms with Crippen molar-refractivity contribution in [3.05, 3.63) is 0 Å². The minimum absolute atomic E-state index is 0.778. The van der Waals surface area contributed by atoms with Crippen molar-refractivity contribution in [2.75, 3.05) is 40.3 Å². The number of hydrogen-bond acceptors (Lipinski definition) is 3. The third-order valence-electron chi connectivity index (χ3n) is 4.90. The Kier molecular flexibility index (Phi) is 6.62. The van der Waals surface area contributed by atoms with Gasteiger partial charge in [-0.25, -0.2) is 0 Å². The molecule has 2 fully saturated rings. The predicted octanol–water partition coefficient (Wildman–Crippen LogP) is 2.32. The van der Waals surface area contributed by atoms with Crippen LogP contribution in [0.2, 0.25) is 0 Å². The van der Waals surface area contributed by atoms with E-state index in [9.17, 15) is 0 Å². The van der Waals surface area contributed by atoms with Gasteiger partial charge in [0.25, 0.3) is 0 Å². The molecule has 0 amide bonds. The van der Waals surface area contributed by atoms with Crippen LogP contribution < -0.4 is 5.32 Å². The number of nitrogens with zero attached hydrogens (tertiary/aromatic N) is 2. The summed E-state index contributed by atoms with van der Waals surface area (Å²) in [4.78, 5) is 5.06. The van der Waals surface area contributed by atoms with Crippen molar-refractivity contribution in [3.8, 4) is 0 Å². The van der Waals surface area contributed by atoms with Crippen molar-refractivity contribution >= 4 is 0 Å². The second kappa shape index (κ2) is 8.23. The Bertz CT molecular complexity index is 236. The molecule has 1 heterocycles. The van der Waals surface area contributed by atoms with E-state index >= 15 is 0 Å². The standard InChI is InChI=1S/C16H33N3/c1-18(2)16-10-6-12-19(14-16)13-7-11-17-15-8-4-3-5-9-15/h15-17H,3-14H2,1-2H3. The lowest BCUT2D eigenvalue weighted by molar-refractivity contribution is 0.132. The second-order valence-corrected chi connectivity index (χ2v) is 6.70. The fraction of sp³-hybridized carbons (Fsp3) is 1.00. The summed E-state index contributed by atoms with van der Waals surface area (Å²) in [6.07, 6.45) is 11.2. The lowest BCUT2D eigenvalue weighted by Crippen LogP contribution is -2.45. The summed E-state index contributed by atoms with van der Waals surface area (Å²) >= 11 is 0. The number of likely N-dealkylation sites (N-methyl/N-ethyl adjacent to an activating group) is 1. The zero-order valence-electron chi connectivity index (χ0n) is 13.0. The SMILES string of the molecule is CN(C)C1CCCN(CCCNC2CCCCC2)C1. The van der Waals surface area contributed by atoms with E-state index < -0.39 is 0 Å². The molecule has 1 saturated heterocycles. The molecule has 0 aromatic carbocycles. The van der Waals surface area contributed by atoms with Gasteiger partial charge in [0.2, 0.25) is 0 Å². The highest BCUT2D eigenvalue weighted by atomic mass is 15.2. The Hall–Kier alpha value is -0.120. The van der Waals surface area contributed by atoms with E-state index in [2.05, 4.69) is 29.2 Å². The molecule has 0 aromatic rings. The fourth-order valence-electron chi connectivity index (χ4n) is 3.57. The minimum Gasteiger partial charge on any atom is -0.314 e. The normalized spacial score (nSPS) is 27.0. The number of nitrogens with one attached hydrogen (secondary N) is 1. The molecule has 1 N–H and O–H groups in total. The molecule has 0 radical (unpaired) electrons. The van der Waals surface area contributed by atoms with Crippen molar-refractivity contribution in [2.24, 2.45) is 0 Å². The summed E-state index contributed by atoms with van der Waals surface area (Å²) in [5.41, 5.74) is 0. The Balaban J connectivity index is 1.55. The van der Waals surface area contributed by atoms with Gasteiger partial charge in [-0.05, 0) is 65.8 Å². The monoisotopic (exact) mass is 267 g/mol. The van der Waals surface area contributed by atoms with Crippen LogP contribution in [0.25, 0.3) is 0 Å². The first-order valence-electron chi connectivity index (χ1n) is 8.38. The highest BCUT2D eigenvalue weighted by Gasteiger charge is 2.20. The maximum atomic E-state index is 3.76. The third-order valence-corrected chi connectivity index (χ3v) is 4.90. The van der Waals surface area contributed by atoms with Gasteiger partial charge in [0.15, 0.2) is 0 Å². The van der Waals surface area contributed by atoms with E-state index in [-0.39, 0.29) is 0 Å². The summed E-state index contributed by atoms with van der Waals surface area (Å²) in [5.74, 6) is 0. The lowest BCUT2D eigenvalue weighted by atomic mass is 9.95.